The standard InChI is InChI=1S/C35H52/c1-3-5-9-29-14-22-33(23-15-29)35-26-18-31(19-27-35)11-7-6-10-30-16-24-34(25-17-30)32-20-12-28(8-4-2)13-21-32/h6,10,18-19,26-30,32-34H,3-5,8-9,12-17,20-25H2,1-2H3. The predicted molar refractivity (Wildman–Crippen MR) is 152 cm³/mol. The van der Waals surface area contributed by atoms with E-state index >= 15 is 0 Å². The molecule has 3 fully saturated rings. The van der Waals surface area contributed by atoms with E-state index in [1.165, 1.54) is 115 Å². The van der Waals surface area contributed by atoms with Gasteiger partial charge in [-0.15, -0.1) is 0 Å². The van der Waals surface area contributed by atoms with E-state index in [-0.39, 0.29) is 0 Å². The summed E-state index contributed by atoms with van der Waals surface area (Å²) in [7, 11) is 0. The molecule has 0 nitrogen and oxygen atoms in total. The van der Waals surface area contributed by atoms with Gasteiger partial charge < -0.3 is 0 Å². The highest BCUT2D eigenvalue weighted by atomic mass is 14.4. The summed E-state index contributed by atoms with van der Waals surface area (Å²) < 4.78 is 0. The number of hydrogen-bond acceptors (Lipinski definition) is 0. The summed E-state index contributed by atoms with van der Waals surface area (Å²) in [6, 6.07) is 9.20. The van der Waals surface area contributed by atoms with E-state index < -0.39 is 0 Å². The average Bonchev–Trinajstić information content (AvgIpc) is 2.92. The van der Waals surface area contributed by atoms with Crippen molar-refractivity contribution in [1.82, 2.24) is 0 Å². The Balaban J connectivity index is 1.16. The monoisotopic (exact) mass is 472 g/mol. The molecule has 0 saturated heterocycles. The first kappa shape index (κ1) is 26.6. The molecule has 0 radical (unpaired) electrons. The Hall–Kier alpha value is -1.48. The van der Waals surface area contributed by atoms with Gasteiger partial charge in [-0.3, -0.25) is 0 Å². The van der Waals surface area contributed by atoms with Crippen LogP contribution < -0.4 is 0 Å². The summed E-state index contributed by atoms with van der Waals surface area (Å²) >= 11 is 0. The van der Waals surface area contributed by atoms with E-state index in [0.29, 0.717) is 0 Å². The number of hydrogen-bond donors (Lipinski definition) is 0. The van der Waals surface area contributed by atoms with Crippen molar-refractivity contribution in [3.05, 3.63) is 47.5 Å². The first-order chi connectivity index (χ1) is 17.2. The van der Waals surface area contributed by atoms with Crippen LogP contribution in [0, 0.1) is 41.4 Å². The minimum absolute atomic E-state index is 0.756. The van der Waals surface area contributed by atoms with Gasteiger partial charge in [-0.1, -0.05) is 88.8 Å². The van der Waals surface area contributed by atoms with Crippen LogP contribution in [-0.2, 0) is 0 Å². The second-order valence-corrected chi connectivity index (χ2v) is 12.4. The first-order valence-electron chi connectivity index (χ1n) is 15.5. The number of benzene rings is 1. The lowest BCUT2D eigenvalue weighted by atomic mass is 9.69. The highest BCUT2D eigenvalue weighted by Crippen LogP contribution is 2.42. The molecule has 0 aromatic heterocycles. The normalized spacial score (nSPS) is 31.7. The van der Waals surface area contributed by atoms with Crippen LogP contribution in [0.1, 0.15) is 140 Å². The molecule has 0 unspecified atom stereocenters. The van der Waals surface area contributed by atoms with Gasteiger partial charge in [0.25, 0.3) is 0 Å². The van der Waals surface area contributed by atoms with Crippen LogP contribution in [0.15, 0.2) is 36.4 Å². The largest absolute Gasteiger partial charge is 0.0730 e. The summed E-state index contributed by atoms with van der Waals surface area (Å²) in [5.41, 5.74) is 2.70. The second-order valence-electron chi connectivity index (χ2n) is 12.4. The Labute approximate surface area is 217 Å². The van der Waals surface area contributed by atoms with Crippen LogP contribution in [0.3, 0.4) is 0 Å². The van der Waals surface area contributed by atoms with Gasteiger partial charge in [0.05, 0.1) is 0 Å². The van der Waals surface area contributed by atoms with E-state index in [9.17, 15) is 0 Å². The topological polar surface area (TPSA) is 0 Å². The van der Waals surface area contributed by atoms with Crippen LogP contribution >= 0.6 is 0 Å². The molecule has 192 valence electrons. The van der Waals surface area contributed by atoms with Crippen molar-refractivity contribution in [3.63, 3.8) is 0 Å². The van der Waals surface area contributed by atoms with Crippen molar-refractivity contribution in [3.8, 4) is 11.8 Å². The van der Waals surface area contributed by atoms with E-state index in [4.69, 9.17) is 0 Å². The van der Waals surface area contributed by atoms with E-state index in [2.05, 4.69) is 62.1 Å². The molecule has 0 bridgehead atoms. The van der Waals surface area contributed by atoms with Crippen molar-refractivity contribution in [1.29, 1.82) is 0 Å². The van der Waals surface area contributed by atoms with Gasteiger partial charge in [0.1, 0.15) is 0 Å². The molecule has 0 spiro atoms. The van der Waals surface area contributed by atoms with Crippen molar-refractivity contribution >= 4 is 0 Å². The summed E-state index contributed by atoms with van der Waals surface area (Å²) in [5.74, 6) is 12.3. The Morgan fingerprint density at radius 3 is 1.91 bits per heavy atom. The summed E-state index contributed by atoms with van der Waals surface area (Å²) in [4.78, 5) is 0. The van der Waals surface area contributed by atoms with Crippen molar-refractivity contribution < 1.29 is 0 Å². The van der Waals surface area contributed by atoms with Crippen LogP contribution in [0.25, 0.3) is 0 Å². The highest BCUT2D eigenvalue weighted by molar-refractivity contribution is 5.39. The number of rotatable bonds is 8. The zero-order valence-electron chi connectivity index (χ0n) is 22.9. The molecule has 4 rings (SSSR count). The lowest BCUT2D eigenvalue weighted by Gasteiger charge is -2.37. The van der Waals surface area contributed by atoms with Gasteiger partial charge in [-0.25, -0.2) is 0 Å². The summed E-state index contributed by atoms with van der Waals surface area (Å²) in [5, 5.41) is 0. The maximum absolute atomic E-state index is 3.38. The van der Waals surface area contributed by atoms with Gasteiger partial charge in [-0.05, 0) is 123 Å². The number of allylic oxidation sites excluding steroid dienone is 2. The molecule has 1 aromatic carbocycles. The van der Waals surface area contributed by atoms with E-state index in [1.54, 1.807) is 0 Å². The molecule has 3 saturated carbocycles. The minimum atomic E-state index is 0.756. The average molecular weight is 473 g/mol. The minimum Gasteiger partial charge on any atom is -0.0730 e. The maximum Gasteiger partial charge on any atom is 0.0249 e. The fourth-order valence-corrected chi connectivity index (χ4v) is 7.59. The Kier molecular flexibility index (Phi) is 10.9. The lowest BCUT2D eigenvalue weighted by molar-refractivity contribution is 0.152. The van der Waals surface area contributed by atoms with Crippen LogP contribution in [0.2, 0.25) is 0 Å². The van der Waals surface area contributed by atoms with Crippen molar-refractivity contribution in [2.45, 2.75) is 129 Å². The third kappa shape index (κ3) is 8.27. The fourth-order valence-electron chi connectivity index (χ4n) is 7.59. The van der Waals surface area contributed by atoms with Gasteiger partial charge >= 0.3 is 0 Å². The van der Waals surface area contributed by atoms with Crippen molar-refractivity contribution in [2.75, 3.05) is 0 Å². The molecular formula is C35H52. The summed E-state index contributed by atoms with van der Waals surface area (Å²) in [6.45, 7) is 4.66. The molecule has 0 aliphatic heterocycles. The fraction of sp³-hybridized carbons (Fsp3) is 0.714. The van der Waals surface area contributed by atoms with Crippen LogP contribution in [0.5, 0.6) is 0 Å². The molecule has 0 atom stereocenters. The second kappa shape index (κ2) is 14.3. The van der Waals surface area contributed by atoms with Gasteiger partial charge in [0, 0.05) is 5.56 Å². The molecule has 0 heterocycles. The zero-order chi connectivity index (χ0) is 24.3. The summed E-state index contributed by atoms with van der Waals surface area (Å²) in [6.07, 6.45) is 28.9. The van der Waals surface area contributed by atoms with E-state index in [1.807, 2.05) is 0 Å². The third-order valence-corrected chi connectivity index (χ3v) is 9.93. The van der Waals surface area contributed by atoms with Gasteiger partial charge in [0.2, 0.25) is 0 Å². The van der Waals surface area contributed by atoms with Gasteiger partial charge in [0.15, 0.2) is 0 Å². The molecular weight excluding hydrogens is 420 g/mol. The SMILES string of the molecule is CCCCC1CCC(c2ccc(C#CC=CC3CCC(C4CCC(CCC)CC4)CC3)cc2)CC1. The number of unbranched alkanes of at least 4 members (excludes halogenated alkanes) is 1. The molecule has 0 heteroatoms. The van der Waals surface area contributed by atoms with Crippen LogP contribution in [-0.4, -0.2) is 0 Å². The Morgan fingerprint density at radius 1 is 0.686 bits per heavy atom. The maximum atomic E-state index is 3.38. The Morgan fingerprint density at radius 2 is 1.29 bits per heavy atom. The predicted octanol–water partition coefficient (Wildman–Crippen LogP) is 10.5. The van der Waals surface area contributed by atoms with Crippen LogP contribution in [0.4, 0.5) is 0 Å². The molecule has 1 aromatic rings. The Bertz CT molecular complexity index is 794. The first-order valence-corrected chi connectivity index (χ1v) is 15.5. The highest BCUT2D eigenvalue weighted by Gasteiger charge is 2.30. The molecule has 35 heavy (non-hydrogen) atoms. The quantitative estimate of drug-likeness (QED) is 0.330. The van der Waals surface area contributed by atoms with Gasteiger partial charge in [-0.2, -0.15) is 0 Å². The molecule has 3 aliphatic carbocycles. The third-order valence-electron chi connectivity index (χ3n) is 9.93. The zero-order valence-corrected chi connectivity index (χ0v) is 22.9. The molecule has 3 aliphatic rings. The lowest BCUT2D eigenvalue weighted by Crippen LogP contribution is -2.25. The van der Waals surface area contributed by atoms with Crippen molar-refractivity contribution in [2.24, 2.45) is 29.6 Å². The van der Waals surface area contributed by atoms with E-state index in [0.717, 1.165) is 41.1 Å². The molecule has 0 N–H and O–H groups in total. The molecule has 0 amide bonds. The smallest absolute Gasteiger partial charge is 0.0249 e.